The third-order valence-electron chi connectivity index (χ3n) is 2.59. The molecule has 7 heteroatoms. The van der Waals surface area contributed by atoms with Crippen molar-refractivity contribution in [3.05, 3.63) is 33.8 Å². The molecule has 0 amide bonds. The maximum Gasteiger partial charge on any atom is 0.248 e. The maximum atomic E-state index is 12.4. The molecule has 0 bridgehead atoms. The highest BCUT2D eigenvalue weighted by molar-refractivity contribution is 7.89. The number of thiophene rings is 1. The van der Waals surface area contributed by atoms with Crippen LogP contribution in [0.2, 0.25) is 0 Å². The van der Waals surface area contributed by atoms with E-state index in [9.17, 15) is 8.42 Å². The molecule has 2 rings (SSSR count). The molecule has 18 heavy (non-hydrogen) atoms. The van der Waals surface area contributed by atoms with Crippen molar-refractivity contribution in [1.29, 1.82) is 0 Å². The maximum absolute atomic E-state index is 12.4. The fourth-order valence-corrected chi connectivity index (χ4v) is 3.98. The van der Waals surface area contributed by atoms with Gasteiger partial charge >= 0.3 is 0 Å². The van der Waals surface area contributed by atoms with E-state index in [-0.39, 0.29) is 4.90 Å². The minimum atomic E-state index is -3.55. The second-order valence-corrected chi connectivity index (χ2v) is 7.01. The third-order valence-corrected chi connectivity index (χ3v) is 5.50. The SMILES string of the molecule is Cc1noc(C)c1S(=O)(=O)N(C)Cc1cccs1. The highest BCUT2D eigenvalue weighted by atomic mass is 32.2. The van der Waals surface area contributed by atoms with E-state index in [4.69, 9.17) is 4.52 Å². The summed E-state index contributed by atoms with van der Waals surface area (Å²) in [6.07, 6.45) is 0. The molecule has 0 aromatic carbocycles. The zero-order valence-electron chi connectivity index (χ0n) is 10.4. The first kappa shape index (κ1) is 13.3. The van der Waals surface area contributed by atoms with E-state index < -0.39 is 10.0 Å². The number of hydrogen-bond donors (Lipinski definition) is 0. The molecule has 0 saturated heterocycles. The van der Waals surface area contributed by atoms with E-state index in [2.05, 4.69) is 5.16 Å². The summed E-state index contributed by atoms with van der Waals surface area (Å²) >= 11 is 1.53. The van der Waals surface area contributed by atoms with Crippen LogP contribution in [0.25, 0.3) is 0 Å². The van der Waals surface area contributed by atoms with Gasteiger partial charge in [-0.05, 0) is 25.3 Å². The van der Waals surface area contributed by atoms with Crippen LogP contribution in [-0.4, -0.2) is 24.9 Å². The summed E-state index contributed by atoms with van der Waals surface area (Å²) in [6.45, 7) is 3.58. The number of aromatic nitrogens is 1. The van der Waals surface area contributed by atoms with E-state index in [1.165, 1.54) is 15.6 Å². The van der Waals surface area contributed by atoms with E-state index in [1.807, 2.05) is 17.5 Å². The fourth-order valence-electron chi connectivity index (χ4n) is 1.71. The molecular weight excluding hydrogens is 272 g/mol. The molecule has 0 aliphatic carbocycles. The monoisotopic (exact) mass is 286 g/mol. The Morgan fingerprint density at radius 2 is 2.17 bits per heavy atom. The molecule has 0 aliphatic heterocycles. The summed E-state index contributed by atoms with van der Waals surface area (Å²) in [7, 11) is -1.99. The second kappa shape index (κ2) is 4.83. The van der Waals surface area contributed by atoms with Crippen LogP contribution in [-0.2, 0) is 16.6 Å². The number of hydrogen-bond acceptors (Lipinski definition) is 5. The van der Waals surface area contributed by atoms with Gasteiger partial charge in [0.15, 0.2) is 5.76 Å². The van der Waals surface area contributed by atoms with Gasteiger partial charge in [0.2, 0.25) is 10.0 Å². The van der Waals surface area contributed by atoms with Crippen molar-refractivity contribution >= 4 is 21.4 Å². The average Bonchev–Trinajstić information content (AvgIpc) is 2.89. The van der Waals surface area contributed by atoms with E-state index >= 15 is 0 Å². The lowest BCUT2D eigenvalue weighted by molar-refractivity contribution is 0.389. The van der Waals surface area contributed by atoms with Crippen molar-refractivity contribution in [2.24, 2.45) is 0 Å². The summed E-state index contributed by atoms with van der Waals surface area (Å²) < 4.78 is 31.0. The van der Waals surface area contributed by atoms with Crippen molar-refractivity contribution in [2.75, 3.05) is 7.05 Å². The van der Waals surface area contributed by atoms with Crippen LogP contribution in [0.4, 0.5) is 0 Å². The van der Waals surface area contributed by atoms with E-state index in [0.717, 1.165) is 4.88 Å². The van der Waals surface area contributed by atoms with Gasteiger partial charge in [-0.1, -0.05) is 11.2 Å². The molecule has 0 N–H and O–H groups in total. The Bertz CT molecular complexity index is 610. The van der Waals surface area contributed by atoms with Gasteiger partial charge in [-0.15, -0.1) is 11.3 Å². The Morgan fingerprint density at radius 1 is 1.44 bits per heavy atom. The molecule has 2 aromatic rings. The van der Waals surface area contributed by atoms with Gasteiger partial charge in [0.25, 0.3) is 0 Å². The molecule has 0 atom stereocenters. The van der Waals surface area contributed by atoms with Crippen molar-refractivity contribution < 1.29 is 12.9 Å². The minimum Gasteiger partial charge on any atom is -0.360 e. The van der Waals surface area contributed by atoms with E-state index in [0.29, 0.717) is 18.0 Å². The average molecular weight is 286 g/mol. The zero-order chi connectivity index (χ0) is 13.3. The van der Waals surface area contributed by atoms with Gasteiger partial charge in [-0.25, -0.2) is 8.42 Å². The van der Waals surface area contributed by atoms with Crippen molar-refractivity contribution in [3.63, 3.8) is 0 Å². The van der Waals surface area contributed by atoms with Gasteiger partial charge in [-0.3, -0.25) is 0 Å². The number of sulfonamides is 1. The molecule has 0 saturated carbocycles. The highest BCUT2D eigenvalue weighted by Crippen LogP contribution is 2.24. The molecule has 2 heterocycles. The molecule has 0 fully saturated rings. The van der Waals surface area contributed by atoms with Gasteiger partial charge in [-0.2, -0.15) is 4.31 Å². The smallest absolute Gasteiger partial charge is 0.248 e. The zero-order valence-corrected chi connectivity index (χ0v) is 12.0. The van der Waals surface area contributed by atoms with Crippen LogP contribution in [0.1, 0.15) is 16.3 Å². The molecule has 5 nitrogen and oxygen atoms in total. The normalized spacial score (nSPS) is 12.2. The lowest BCUT2D eigenvalue weighted by atomic mass is 10.4. The van der Waals surface area contributed by atoms with Crippen molar-refractivity contribution in [3.8, 4) is 0 Å². The fraction of sp³-hybridized carbons (Fsp3) is 0.364. The van der Waals surface area contributed by atoms with Gasteiger partial charge in [0.05, 0.1) is 0 Å². The lowest BCUT2D eigenvalue weighted by Gasteiger charge is -2.15. The Hall–Kier alpha value is -1.18. The van der Waals surface area contributed by atoms with Crippen LogP contribution in [0.15, 0.2) is 26.9 Å². The van der Waals surface area contributed by atoms with Crippen LogP contribution in [0.3, 0.4) is 0 Å². The summed E-state index contributed by atoms with van der Waals surface area (Å²) in [5.41, 5.74) is 0.394. The predicted molar refractivity (Wildman–Crippen MR) is 68.9 cm³/mol. The molecule has 0 aliphatic rings. The topological polar surface area (TPSA) is 63.4 Å². The quantitative estimate of drug-likeness (QED) is 0.864. The standard InChI is InChI=1S/C11H14N2O3S2/c1-8-11(9(2)16-12-8)18(14,15)13(3)7-10-5-4-6-17-10/h4-6H,7H2,1-3H3. The molecule has 98 valence electrons. The van der Waals surface area contributed by atoms with Gasteiger partial charge < -0.3 is 4.52 Å². The Kier molecular flexibility index (Phi) is 3.56. The second-order valence-electron chi connectivity index (χ2n) is 3.99. The largest absolute Gasteiger partial charge is 0.360 e. The van der Waals surface area contributed by atoms with E-state index in [1.54, 1.807) is 20.9 Å². The Labute approximate surface area is 110 Å². The highest BCUT2D eigenvalue weighted by Gasteiger charge is 2.28. The third kappa shape index (κ3) is 2.33. The lowest BCUT2D eigenvalue weighted by Crippen LogP contribution is -2.26. The molecular formula is C11H14N2O3S2. The Balaban J connectivity index is 2.32. The summed E-state index contributed by atoms with van der Waals surface area (Å²) in [5, 5.41) is 5.61. The predicted octanol–water partition coefficient (Wildman–Crippen LogP) is 2.17. The summed E-state index contributed by atoms with van der Waals surface area (Å²) in [5.74, 6) is 0.325. The van der Waals surface area contributed by atoms with Crippen molar-refractivity contribution in [1.82, 2.24) is 9.46 Å². The van der Waals surface area contributed by atoms with Crippen LogP contribution in [0, 0.1) is 13.8 Å². The van der Waals surface area contributed by atoms with Gasteiger partial charge in [0, 0.05) is 18.5 Å². The van der Waals surface area contributed by atoms with Crippen LogP contribution < -0.4 is 0 Å². The number of rotatable bonds is 4. The first-order valence-electron chi connectivity index (χ1n) is 5.34. The van der Waals surface area contributed by atoms with Crippen LogP contribution in [0.5, 0.6) is 0 Å². The van der Waals surface area contributed by atoms with Crippen LogP contribution >= 0.6 is 11.3 Å². The molecule has 0 unspecified atom stereocenters. The summed E-state index contributed by atoms with van der Waals surface area (Å²) in [4.78, 5) is 1.16. The number of nitrogens with zero attached hydrogens (tertiary/aromatic N) is 2. The number of aryl methyl sites for hydroxylation is 2. The molecule has 0 radical (unpaired) electrons. The van der Waals surface area contributed by atoms with Gasteiger partial charge in [0.1, 0.15) is 10.6 Å². The first-order valence-corrected chi connectivity index (χ1v) is 7.66. The minimum absolute atomic E-state index is 0.168. The molecule has 2 aromatic heterocycles. The Morgan fingerprint density at radius 3 is 2.67 bits per heavy atom. The molecule has 0 spiro atoms. The van der Waals surface area contributed by atoms with Crippen molar-refractivity contribution in [2.45, 2.75) is 25.3 Å². The first-order chi connectivity index (χ1) is 8.43. The summed E-state index contributed by atoms with van der Waals surface area (Å²) in [6, 6.07) is 3.81.